The number of nitrogens with two attached hydrogens (primary N) is 1. The molecule has 1 fully saturated rings. The second kappa shape index (κ2) is 9.59. The summed E-state index contributed by atoms with van der Waals surface area (Å²) in [4.78, 5) is 28.5. The SMILES string of the molecule is C#C.CSF.NCC1CN(c2ccc3c(n2)NC(=O)CO3)C(=O)O1. The maximum atomic E-state index is 11.7. The first-order valence-electron chi connectivity index (χ1n) is 6.69. The second-order valence-corrected chi connectivity index (χ2v) is 4.67. The monoisotopic (exact) mass is 356 g/mol. The smallest absolute Gasteiger partial charge is 0.416 e. The number of hydrogen-bond donors (Lipinski definition) is 2. The van der Waals surface area contributed by atoms with Gasteiger partial charge in [-0.2, -0.15) is 3.89 Å². The third-order valence-corrected chi connectivity index (χ3v) is 2.87. The topological polar surface area (TPSA) is 107 Å². The average molecular weight is 356 g/mol. The number of amides is 2. The zero-order chi connectivity index (χ0) is 18.1. The molecule has 8 nitrogen and oxygen atoms in total. The summed E-state index contributed by atoms with van der Waals surface area (Å²) in [6.45, 7) is 0.567. The number of nitrogens with one attached hydrogen (secondary N) is 1. The van der Waals surface area contributed by atoms with Gasteiger partial charge in [0.1, 0.15) is 11.9 Å². The van der Waals surface area contributed by atoms with E-state index in [1.54, 1.807) is 12.1 Å². The fourth-order valence-corrected chi connectivity index (χ4v) is 1.94. The van der Waals surface area contributed by atoms with Crippen molar-refractivity contribution in [2.45, 2.75) is 6.10 Å². The van der Waals surface area contributed by atoms with Crippen LogP contribution < -0.4 is 20.7 Å². The van der Waals surface area contributed by atoms with Crippen molar-refractivity contribution in [3.05, 3.63) is 12.1 Å². The number of anilines is 2. The van der Waals surface area contributed by atoms with E-state index < -0.39 is 6.09 Å². The van der Waals surface area contributed by atoms with Crippen molar-refractivity contribution in [1.82, 2.24) is 4.98 Å². The van der Waals surface area contributed by atoms with Crippen LogP contribution in [0.25, 0.3) is 0 Å². The Labute approximate surface area is 143 Å². The molecule has 1 atom stereocenters. The van der Waals surface area contributed by atoms with E-state index in [0.717, 1.165) is 0 Å². The van der Waals surface area contributed by atoms with Crippen LogP contribution in [0.4, 0.5) is 20.3 Å². The lowest BCUT2D eigenvalue weighted by Crippen LogP contribution is -2.30. The molecule has 0 aliphatic carbocycles. The Bertz CT molecular complexity index is 614. The molecule has 2 aliphatic rings. The van der Waals surface area contributed by atoms with E-state index in [4.69, 9.17) is 15.2 Å². The van der Waals surface area contributed by atoms with Crippen LogP contribution in [0.2, 0.25) is 0 Å². The van der Waals surface area contributed by atoms with Gasteiger partial charge in [-0.05, 0) is 12.1 Å². The molecule has 2 amide bonds. The van der Waals surface area contributed by atoms with E-state index >= 15 is 0 Å². The lowest BCUT2D eigenvalue weighted by Gasteiger charge is -2.19. The van der Waals surface area contributed by atoms with Crippen molar-refractivity contribution in [2.75, 3.05) is 36.2 Å². The van der Waals surface area contributed by atoms with Gasteiger partial charge in [0, 0.05) is 24.9 Å². The summed E-state index contributed by atoms with van der Waals surface area (Å²) < 4.78 is 20.4. The van der Waals surface area contributed by atoms with Crippen molar-refractivity contribution in [3.8, 4) is 18.6 Å². The van der Waals surface area contributed by atoms with Gasteiger partial charge in [0.25, 0.3) is 5.91 Å². The number of carbonyl (C=O) groups excluding carboxylic acids is 2. The Hall–Kier alpha value is -2.51. The first kappa shape index (κ1) is 19.5. The van der Waals surface area contributed by atoms with Crippen molar-refractivity contribution in [2.24, 2.45) is 5.73 Å². The van der Waals surface area contributed by atoms with Crippen molar-refractivity contribution >= 4 is 35.8 Å². The predicted octanol–water partition coefficient (Wildman–Crippen LogP) is 1.18. The molecule has 0 aromatic carbocycles. The quantitative estimate of drug-likeness (QED) is 0.766. The van der Waals surface area contributed by atoms with Gasteiger partial charge in [-0.1, -0.05) is 0 Å². The highest BCUT2D eigenvalue weighted by molar-refractivity contribution is 7.93. The van der Waals surface area contributed by atoms with Crippen molar-refractivity contribution in [3.63, 3.8) is 0 Å². The largest absolute Gasteiger partial charge is 0.480 e. The fraction of sp³-hybridized carbons (Fsp3) is 0.357. The van der Waals surface area contributed by atoms with Crippen LogP contribution in [-0.2, 0) is 9.53 Å². The van der Waals surface area contributed by atoms with Crippen LogP contribution in [0.1, 0.15) is 0 Å². The third-order valence-electron chi connectivity index (χ3n) is 2.87. The van der Waals surface area contributed by atoms with E-state index in [1.807, 2.05) is 0 Å². The summed E-state index contributed by atoms with van der Waals surface area (Å²) in [6.07, 6.45) is 8.54. The molecule has 3 rings (SSSR count). The van der Waals surface area contributed by atoms with Crippen LogP contribution in [0, 0.1) is 12.8 Å². The number of carbonyl (C=O) groups is 2. The summed E-state index contributed by atoms with van der Waals surface area (Å²) in [7, 11) is 0. The molecular weight excluding hydrogens is 339 g/mol. The number of fused-ring (bicyclic) bond motifs is 1. The molecule has 1 unspecified atom stereocenters. The molecule has 1 saturated heterocycles. The first-order valence-corrected chi connectivity index (χ1v) is 7.81. The van der Waals surface area contributed by atoms with Crippen LogP contribution >= 0.6 is 12.1 Å². The predicted molar refractivity (Wildman–Crippen MR) is 89.5 cm³/mol. The molecule has 1 aromatic heterocycles. The third kappa shape index (κ3) is 4.74. The maximum Gasteiger partial charge on any atom is 0.416 e. The highest BCUT2D eigenvalue weighted by Gasteiger charge is 2.33. The fourth-order valence-electron chi connectivity index (χ4n) is 1.94. The van der Waals surface area contributed by atoms with Crippen molar-refractivity contribution < 1.29 is 22.9 Å². The van der Waals surface area contributed by atoms with Gasteiger partial charge in [0.15, 0.2) is 18.2 Å². The number of aromatic nitrogens is 1. The number of hydrogen-bond acceptors (Lipinski definition) is 7. The van der Waals surface area contributed by atoms with Crippen LogP contribution in [0.3, 0.4) is 0 Å². The summed E-state index contributed by atoms with van der Waals surface area (Å²) in [5.74, 6) is 0.899. The van der Waals surface area contributed by atoms with E-state index in [9.17, 15) is 13.5 Å². The Balaban J connectivity index is 0.000000521. The molecule has 1 aromatic rings. The number of halogens is 1. The van der Waals surface area contributed by atoms with E-state index in [2.05, 4.69) is 23.1 Å². The zero-order valence-electron chi connectivity index (χ0n) is 12.9. The van der Waals surface area contributed by atoms with E-state index in [1.165, 1.54) is 11.2 Å². The highest BCUT2D eigenvalue weighted by atomic mass is 32.2. The lowest BCUT2D eigenvalue weighted by atomic mass is 10.3. The number of terminal acetylenes is 1. The molecule has 0 saturated carbocycles. The molecule has 24 heavy (non-hydrogen) atoms. The number of rotatable bonds is 2. The van der Waals surface area contributed by atoms with Crippen LogP contribution in [0.15, 0.2) is 12.1 Å². The van der Waals surface area contributed by atoms with Gasteiger partial charge in [-0.3, -0.25) is 9.69 Å². The number of pyridine rings is 1. The summed E-state index contributed by atoms with van der Waals surface area (Å²) in [6, 6.07) is 3.29. The lowest BCUT2D eigenvalue weighted by molar-refractivity contribution is -0.118. The number of nitrogens with zero attached hydrogens (tertiary/aromatic N) is 2. The Morgan fingerprint density at radius 3 is 2.75 bits per heavy atom. The minimum atomic E-state index is -0.494. The first-order chi connectivity index (χ1) is 11.6. The van der Waals surface area contributed by atoms with Gasteiger partial charge < -0.3 is 20.5 Å². The number of cyclic esters (lactones) is 1. The zero-order valence-corrected chi connectivity index (χ0v) is 13.7. The molecular formula is C14H17FN4O4S. The van der Waals surface area contributed by atoms with Crippen LogP contribution in [0.5, 0.6) is 5.75 Å². The molecule has 0 bridgehead atoms. The van der Waals surface area contributed by atoms with Crippen LogP contribution in [-0.4, -0.2) is 49.0 Å². The van der Waals surface area contributed by atoms with Gasteiger partial charge in [-0.15, -0.1) is 12.8 Å². The normalized spacial score (nSPS) is 17.9. The van der Waals surface area contributed by atoms with Crippen molar-refractivity contribution in [1.29, 1.82) is 0 Å². The number of ether oxygens (including phenoxy) is 2. The standard InChI is InChI=1S/C11H12N4O4.C2H2.CH3FS/c12-3-6-4-15(11(17)19-6)8-2-1-7-10(13-8)14-9(16)5-18-7;1-2;1-3-2/h1-2,6H,3-5,12H2,(H,13,14,16);1-2H;1H3. The molecule has 0 radical (unpaired) electrons. The molecule has 3 N–H and O–H groups in total. The molecule has 0 spiro atoms. The minimum absolute atomic E-state index is 0.0327. The average Bonchev–Trinajstić information content (AvgIpc) is 2.98. The van der Waals surface area contributed by atoms with Gasteiger partial charge in [0.2, 0.25) is 0 Å². The summed E-state index contributed by atoms with van der Waals surface area (Å²) in [5, 5.41) is 2.59. The summed E-state index contributed by atoms with van der Waals surface area (Å²) >= 11 is 0.250. The minimum Gasteiger partial charge on any atom is -0.480 e. The molecule has 130 valence electrons. The van der Waals surface area contributed by atoms with E-state index in [0.29, 0.717) is 23.9 Å². The van der Waals surface area contributed by atoms with Gasteiger partial charge in [-0.25, -0.2) is 9.78 Å². The maximum absolute atomic E-state index is 11.7. The highest BCUT2D eigenvalue weighted by Crippen LogP contribution is 2.29. The molecule has 2 aliphatic heterocycles. The second-order valence-electron chi connectivity index (χ2n) is 4.36. The van der Waals surface area contributed by atoms with E-state index in [-0.39, 0.29) is 37.3 Å². The Kier molecular flexibility index (Phi) is 7.81. The van der Waals surface area contributed by atoms with Gasteiger partial charge >= 0.3 is 6.09 Å². The Morgan fingerprint density at radius 2 is 2.17 bits per heavy atom. The molecule has 3 heterocycles. The molecule has 10 heteroatoms. The Morgan fingerprint density at radius 1 is 1.50 bits per heavy atom. The van der Waals surface area contributed by atoms with Gasteiger partial charge in [0.05, 0.1) is 6.54 Å². The summed E-state index contributed by atoms with van der Waals surface area (Å²) in [5.41, 5.74) is 5.46.